The summed E-state index contributed by atoms with van der Waals surface area (Å²) in [6, 6.07) is 6.06. The Hall–Kier alpha value is -1.53. The van der Waals surface area contributed by atoms with Crippen molar-refractivity contribution in [2.24, 2.45) is 7.05 Å². The number of halogens is 1. The molecule has 1 saturated heterocycles. The van der Waals surface area contributed by atoms with Crippen molar-refractivity contribution < 1.29 is 14.3 Å². The first kappa shape index (κ1) is 15.4. The number of nitrogens with zero attached hydrogens (tertiary/aromatic N) is 2. The molecule has 2 heterocycles. The number of carbonyl (C=O) groups excluding carboxylic acids is 1. The van der Waals surface area contributed by atoms with E-state index in [-0.39, 0.29) is 5.97 Å². The Kier molecular flexibility index (Phi) is 4.40. The fraction of sp³-hybridized carbons (Fsp3) is 0.438. The Morgan fingerprint density at radius 1 is 1.36 bits per heavy atom. The molecule has 0 N–H and O–H groups in total. The maximum Gasteiger partial charge on any atom is 0.357 e. The largest absolute Gasteiger partial charge is 0.461 e. The molecular weight excluding hydrogens is 348 g/mol. The summed E-state index contributed by atoms with van der Waals surface area (Å²) >= 11 is 3.52. The lowest BCUT2D eigenvalue weighted by Gasteiger charge is -2.29. The summed E-state index contributed by atoms with van der Waals surface area (Å²) in [6.45, 7) is 5.09. The Balaban J connectivity index is 2.21. The van der Waals surface area contributed by atoms with Crippen LogP contribution in [0.5, 0.6) is 0 Å². The van der Waals surface area contributed by atoms with Crippen LogP contribution in [0.2, 0.25) is 0 Å². The minimum absolute atomic E-state index is 0.279. The van der Waals surface area contributed by atoms with Crippen molar-refractivity contribution in [3.05, 3.63) is 28.4 Å². The molecule has 5 nitrogen and oxygen atoms in total. The van der Waals surface area contributed by atoms with Crippen LogP contribution in [-0.2, 0) is 16.5 Å². The first-order valence-corrected chi connectivity index (χ1v) is 8.20. The monoisotopic (exact) mass is 366 g/mol. The van der Waals surface area contributed by atoms with E-state index in [0.29, 0.717) is 25.5 Å². The van der Waals surface area contributed by atoms with E-state index in [4.69, 9.17) is 9.47 Å². The van der Waals surface area contributed by atoms with Gasteiger partial charge in [-0.15, -0.1) is 0 Å². The van der Waals surface area contributed by atoms with Crippen molar-refractivity contribution >= 4 is 38.5 Å². The molecule has 1 aromatic heterocycles. The molecule has 1 aromatic carbocycles. The first-order valence-electron chi connectivity index (χ1n) is 7.41. The van der Waals surface area contributed by atoms with Crippen LogP contribution < -0.4 is 4.90 Å². The average Bonchev–Trinajstić information content (AvgIpc) is 2.81. The Bertz CT molecular complexity index is 705. The molecule has 0 saturated carbocycles. The van der Waals surface area contributed by atoms with Gasteiger partial charge in [-0.2, -0.15) is 0 Å². The van der Waals surface area contributed by atoms with Crippen LogP contribution in [0.1, 0.15) is 17.4 Å². The maximum absolute atomic E-state index is 12.5. The molecule has 0 atom stereocenters. The maximum atomic E-state index is 12.5. The highest BCUT2D eigenvalue weighted by molar-refractivity contribution is 9.10. The van der Waals surface area contributed by atoms with Crippen LogP contribution in [0.25, 0.3) is 10.9 Å². The Labute approximate surface area is 137 Å². The van der Waals surface area contributed by atoms with Gasteiger partial charge in [0.05, 0.1) is 31.0 Å². The molecule has 22 heavy (non-hydrogen) atoms. The summed E-state index contributed by atoms with van der Waals surface area (Å²) in [5, 5.41) is 1.06. The number of anilines is 1. The van der Waals surface area contributed by atoms with Crippen molar-refractivity contribution in [2.75, 3.05) is 37.8 Å². The van der Waals surface area contributed by atoms with Gasteiger partial charge in [-0.25, -0.2) is 4.79 Å². The van der Waals surface area contributed by atoms with Gasteiger partial charge >= 0.3 is 5.97 Å². The van der Waals surface area contributed by atoms with Gasteiger partial charge in [0.1, 0.15) is 0 Å². The number of fused-ring (bicyclic) bond motifs is 1. The molecular formula is C16H19BrN2O3. The van der Waals surface area contributed by atoms with E-state index >= 15 is 0 Å². The van der Waals surface area contributed by atoms with Gasteiger partial charge in [0.15, 0.2) is 5.69 Å². The van der Waals surface area contributed by atoms with Crippen molar-refractivity contribution in [3.63, 3.8) is 0 Å². The zero-order valence-corrected chi connectivity index (χ0v) is 14.4. The van der Waals surface area contributed by atoms with Crippen LogP contribution >= 0.6 is 15.9 Å². The normalized spacial score (nSPS) is 15.3. The summed E-state index contributed by atoms with van der Waals surface area (Å²) in [7, 11) is 1.91. The van der Waals surface area contributed by atoms with E-state index in [1.807, 2.05) is 30.7 Å². The van der Waals surface area contributed by atoms with Gasteiger partial charge in [-0.1, -0.05) is 15.9 Å². The van der Waals surface area contributed by atoms with Gasteiger partial charge in [-0.3, -0.25) is 0 Å². The second kappa shape index (κ2) is 6.30. The molecule has 2 aromatic rings. The molecule has 3 rings (SSSR count). The lowest BCUT2D eigenvalue weighted by molar-refractivity contribution is 0.0515. The topological polar surface area (TPSA) is 43.7 Å². The molecule has 118 valence electrons. The van der Waals surface area contributed by atoms with Gasteiger partial charge in [0.2, 0.25) is 0 Å². The van der Waals surface area contributed by atoms with Crippen LogP contribution in [0.15, 0.2) is 22.7 Å². The summed E-state index contributed by atoms with van der Waals surface area (Å²) in [4.78, 5) is 14.7. The molecule has 0 amide bonds. The molecule has 0 spiro atoms. The number of rotatable bonds is 3. The predicted octanol–water partition coefficient (Wildman–Crippen LogP) is 2.95. The number of benzene rings is 1. The van der Waals surface area contributed by atoms with E-state index in [2.05, 4.69) is 26.9 Å². The highest BCUT2D eigenvalue weighted by Gasteiger charge is 2.27. The van der Waals surface area contributed by atoms with E-state index < -0.39 is 0 Å². The Morgan fingerprint density at radius 2 is 2.09 bits per heavy atom. The van der Waals surface area contributed by atoms with Gasteiger partial charge in [0.25, 0.3) is 0 Å². The standard InChI is InChI=1S/C16H19BrN2O3/c1-3-22-16(20)15-14(19-6-8-21-9-7-19)12-10-11(17)4-5-13(12)18(15)2/h4-5,10H,3,6-9H2,1-2H3. The van der Waals surface area contributed by atoms with Crippen LogP contribution in [0.3, 0.4) is 0 Å². The zero-order valence-electron chi connectivity index (χ0n) is 12.8. The van der Waals surface area contributed by atoms with Crippen molar-refractivity contribution in [1.29, 1.82) is 0 Å². The highest BCUT2D eigenvalue weighted by Crippen LogP contribution is 2.36. The summed E-state index contributed by atoms with van der Waals surface area (Å²) in [6.07, 6.45) is 0. The molecule has 6 heteroatoms. The molecule has 1 aliphatic rings. The van der Waals surface area contributed by atoms with Gasteiger partial charge in [-0.05, 0) is 25.1 Å². The van der Waals surface area contributed by atoms with Crippen LogP contribution in [-0.4, -0.2) is 43.4 Å². The first-order chi connectivity index (χ1) is 10.6. The lowest BCUT2D eigenvalue weighted by atomic mass is 10.2. The Morgan fingerprint density at radius 3 is 2.77 bits per heavy atom. The molecule has 1 aliphatic heterocycles. The summed E-state index contributed by atoms with van der Waals surface area (Å²) < 4.78 is 13.6. The quantitative estimate of drug-likeness (QED) is 0.783. The van der Waals surface area contributed by atoms with Crippen molar-refractivity contribution in [2.45, 2.75) is 6.92 Å². The highest BCUT2D eigenvalue weighted by atomic mass is 79.9. The number of ether oxygens (including phenoxy) is 2. The zero-order chi connectivity index (χ0) is 15.7. The fourth-order valence-electron chi connectivity index (χ4n) is 2.94. The number of hydrogen-bond donors (Lipinski definition) is 0. The minimum Gasteiger partial charge on any atom is -0.461 e. The third-order valence-corrected chi connectivity index (χ3v) is 4.42. The number of esters is 1. The second-order valence-corrected chi connectivity index (χ2v) is 6.15. The minimum atomic E-state index is -0.279. The van der Waals surface area contributed by atoms with E-state index in [1.54, 1.807) is 0 Å². The molecule has 1 fully saturated rings. The van der Waals surface area contributed by atoms with Crippen LogP contribution in [0.4, 0.5) is 5.69 Å². The summed E-state index contributed by atoms with van der Waals surface area (Å²) in [5.41, 5.74) is 2.57. The molecule has 0 aliphatic carbocycles. The van der Waals surface area contributed by atoms with E-state index in [1.165, 1.54) is 0 Å². The third kappa shape index (κ3) is 2.61. The number of aromatic nitrogens is 1. The molecule has 0 unspecified atom stereocenters. The number of hydrogen-bond acceptors (Lipinski definition) is 4. The van der Waals surface area contributed by atoms with E-state index in [0.717, 1.165) is 34.2 Å². The van der Waals surface area contributed by atoms with Crippen molar-refractivity contribution in [1.82, 2.24) is 4.57 Å². The molecule has 0 bridgehead atoms. The van der Waals surface area contributed by atoms with Gasteiger partial charge in [0, 0.05) is 30.0 Å². The SMILES string of the molecule is CCOC(=O)c1c(N2CCOCC2)c2cc(Br)ccc2n1C. The fourth-order valence-corrected chi connectivity index (χ4v) is 3.30. The number of carbonyl (C=O) groups is 1. The number of aryl methyl sites for hydroxylation is 1. The summed E-state index contributed by atoms with van der Waals surface area (Å²) in [5.74, 6) is -0.279. The predicted molar refractivity (Wildman–Crippen MR) is 89.6 cm³/mol. The van der Waals surface area contributed by atoms with Crippen LogP contribution in [0, 0.1) is 0 Å². The smallest absolute Gasteiger partial charge is 0.357 e. The third-order valence-electron chi connectivity index (χ3n) is 3.93. The second-order valence-electron chi connectivity index (χ2n) is 5.24. The van der Waals surface area contributed by atoms with Crippen molar-refractivity contribution in [3.8, 4) is 0 Å². The average molecular weight is 367 g/mol. The molecule has 0 radical (unpaired) electrons. The van der Waals surface area contributed by atoms with E-state index in [9.17, 15) is 4.79 Å². The van der Waals surface area contributed by atoms with Gasteiger partial charge < -0.3 is 18.9 Å². The number of morpholine rings is 1. The lowest BCUT2D eigenvalue weighted by Crippen LogP contribution is -2.37.